The molecule has 2 unspecified atom stereocenters. The van der Waals surface area contributed by atoms with Gasteiger partial charge in [0.05, 0.1) is 25.4 Å². The molecule has 0 radical (unpaired) electrons. The van der Waals surface area contributed by atoms with Gasteiger partial charge in [0.2, 0.25) is 5.91 Å². The van der Waals surface area contributed by atoms with Gasteiger partial charge >= 0.3 is 5.97 Å². The van der Waals surface area contributed by atoms with E-state index in [0.717, 1.165) is 51.4 Å². The first-order valence-electron chi connectivity index (χ1n) is 34.3. The molecule has 0 aromatic carbocycles. The fourth-order valence-corrected chi connectivity index (χ4v) is 10.7. The van der Waals surface area contributed by atoms with Gasteiger partial charge in [-0.2, -0.15) is 0 Å². The maximum absolute atomic E-state index is 12.4. The number of aliphatic hydroxyl groups excluding tert-OH is 2. The van der Waals surface area contributed by atoms with E-state index in [1.165, 1.54) is 295 Å². The van der Waals surface area contributed by atoms with E-state index in [9.17, 15) is 19.8 Å². The van der Waals surface area contributed by atoms with Gasteiger partial charge in [0, 0.05) is 12.8 Å². The van der Waals surface area contributed by atoms with E-state index in [1.54, 1.807) is 6.08 Å². The lowest BCUT2D eigenvalue weighted by molar-refractivity contribution is -0.143. The Morgan fingerprint density at radius 2 is 0.658 bits per heavy atom. The van der Waals surface area contributed by atoms with Crippen LogP contribution in [0.3, 0.4) is 0 Å². The number of aliphatic hydroxyl groups is 2. The van der Waals surface area contributed by atoms with E-state index in [-0.39, 0.29) is 18.5 Å². The van der Waals surface area contributed by atoms with E-state index >= 15 is 0 Å². The largest absolute Gasteiger partial charge is 0.466 e. The average Bonchev–Trinajstić information content (AvgIpc) is 3.42. The first kappa shape index (κ1) is 74.1. The zero-order chi connectivity index (χ0) is 55.0. The van der Waals surface area contributed by atoms with Gasteiger partial charge in [-0.1, -0.05) is 333 Å². The van der Waals surface area contributed by atoms with Gasteiger partial charge in [-0.25, -0.2) is 0 Å². The van der Waals surface area contributed by atoms with Gasteiger partial charge in [-0.05, 0) is 64.2 Å². The van der Waals surface area contributed by atoms with Crippen LogP contribution in [0, 0.1) is 0 Å². The zero-order valence-electron chi connectivity index (χ0n) is 51.3. The molecular formula is C70H133NO5. The Labute approximate surface area is 474 Å². The van der Waals surface area contributed by atoms with Crippen molar-refractivity contribution in [2.24, 2.45) is 0 Å². The normalized spacial score (nSPS) is 12.7. The molecule has 0 heterocycles. The van der Waals surface area contributed by atoms with Crippen molar-refractivity contribution < 1.29 is 24.5 Å². The molecule has 0 saturated heterocycles. The van der Waals surface area contributed by atoms with Crippen molar-refractivity contribution in [2.75, 3.05) is 13.2 Å². The minimum Gasteiger partial charge on any atom is -0.466 e. The molecule has 0 fully saturated rings. The average molecular weight is 1070 g/mol. The fraction of sp³-hybridized carbons (Fsp3) is 0.886. The van der Waals surface area contributed by atoms with E-state index in [1.807, 2.05) is 6.08 Å². The van der Waals surface area contributed by atoms with Crippen molar-refractivity contribution in [1.29, 1.82) is 0 Å². The highest BCUT2D eigenvalue weighted by Gasteiger charge is 2.18. The first-order chi connectivity index (χ1) is 37.5. The van der Waals surface area contributed by atoms with Crippen LogP contribution >= 0.6 is 0 Å². The SMILES string of the molecule is CCCCC/C=C\C/C=C\CCCCCCCCCCCC(=O)OCCCCCCCCCCCCCCCCCCCCCCCCCCCCCCCC(=O)NC(CO)C(O)/C=C/CCCCCCCCCCC. The van der Waals surface area contributed by atoms with Crippen LogP contribution in [0.25, 0.3) is 0 Å². The van der Waals surface area contributed by atoms with E-state index < -0.39 is 12.1 Å². The van der Waals surface area contributed by atoms with Gasteiger partial charge in [-0.15, -0.1) is 0 Å². The summed E-state index contributed by atoms with van der Waals surface area (Å²) < 4.78 is 5.51. The molecule has 0 aromatic rings. The number of rotatable bonds is 64. The number of hydrogen-bond acceptors (Lipinski definition) is 5. The lowest BCUT2D eigenvalue weighted by Gasteiger charge is -2.20. The summed E-state index contributed by atoms with van der Waals surface area (Å²) in [5.74, 6) is -0.0490. The Morgan fingerprint density at radius 1 is 0.368 bits per heavy atom. The first-order valence-corrected chi connectivity index (χ1v) is 34.3. The molecule has 3 N–H and O–H groups in total. The van der Waals surface area contributed by atoms with Crippen molar-refractivity contribution in [3.05, 3.63) is 36.5 Å². The van der Waals surface area contributed by atoms with Gasteiger partial charge < -0.3 is 20.3 Å². The Kier molecular flexibility index (Phi) is 63.9. The van der Waals surface area contributed by atoms with Crippen LogP contribution in [0.2, 0.25) is 0 Å². The molecule has 0 aliphatic rings. The molecule has 0 spiro atoms. The lowest BCUT2D eigenvalue weighted by atomic mass is 10.0. The molecule has 1 amide bonds. The van der Waals surface area contributed by atoms with Gasteiger partial charge in [0.15, 0.2) is 0 Å². The smallest absolute Gasteiger partial charge is 0.305 e. The zero-order valence-corrected chi connectivity index (χ0v) is 51.3. The fourth-order valence-electron chi connectivity index (χ4n) is 10.7. The van der Waals surface area contributed by atoms with Crippen molar-refractivity contribution in [3.63, 3.8) is 0 Å². The number of ether oxygens (including phenoxy) is 1. The maximum Gasteiger partial charge on any atom is 0.305 e. The molecule has 2 atom stereocenters. The number of unbranched alkanes of at least 4 members (excludes halogenated alkanes) is 49. The Balaban J connectivity index is 3.32. The summed E-state index contributed by atoms with van der Waals surface area (Å²) >= 11 is 0. The number of carbonyl (C=O) groups is 2. The van der Waals surface area contributed by atoms with E-state index in [0.29, 0.717) is 19.4 Å². The third kappa shape index (κ3) is 61.3. The highest BCUT2D eigenvalue weighted by Crippen LogP contribution is 2.18. The summed E-state index contributed by atoms with van der Waals surface area (Å²) in [6, 6.07) is -0.624. The summed E-state index contributed by atoms with van der Waals surface area (Å²) in [5, 5.41) is 23.1. The van der Waals surface area contributed by atoms with Crippen LogP contribution in [0.5, 0.6) is 0 Å². The minimum absolute atomic E-state index is 0.0156. The quantitative estimate of drug-likeness (QED) is 0.0320. The van der Waals surface area contributed by atoms with Crippen LogP contribution in [0.1, 0.15) is 373 Å². The highest BCUT2D eigenvalue weighted by atomic mass is 16.5. The van der Waals surface area contributed by atoms with Gasteiger partial charge in [-0.3, -0.25) is 9.59 Å². The van der Waals surface area contributed by atoms with Crippen LogP contribution in [-0.2, 0) is 14.3 Å². The van der Waals surface area contributed by atoms with Crippen molar-refractivity contribution in [3.8, 4) is 0 Å². The lowest BCUT2D eigenvalue weighted by Crippen LogP contribution is -2.45. The molecule has 6 heteroatoms. The third-order valence-corrected chi connectivity index (χ3v) is 15.9. The predicted molar refractivity (Wildman–Crippen MR) is 333 cm³/mol. The standard InChI is InChI=1S/C70H133NO5/c1-3-5-7-9-11-13-15-16-17-18-30-34-37-40-44-48-52-56-60-64-70(75)76-65-61-57-53-49-45-41-38-35-32-29-27-25-23-21-19-20-22-24-26-28-31-33-36-39-43-47-51-55-59-63-69(74)71-67(66-72)68(73)62-58-54-50-46-42-14-12-10-8-6-4-2/h11,13,16-17,58,62,67-68,72-73H,3-10,12,14-15,18-57,59-61,63-66H2,1-2H3,(H,71,74)/b13-11-,17-16-,62-58+. The van der Waals surface area contributed by atoms with Crippen LogP contribution in [0.4, 0.5) is 0 Å². The molecule has 0 rings (SSSR count). The van der Waals surface area contributed by atoms with Gasteiger partial charge in [0.1, 0.15) is 0 Å². The van der Waals surface area contributed by atoms with Crippen molar-refractivity contribution in [2.45, 2.75) is 386 Å². The number of amides is 1. The van der Waals surface area contributed by atoms with E-state index in [4.69, 9.17) is 4.74 Å². The van der Waals surface area contributed by atoms with Crippen LogP contribution < -0.4 is 5.32 Å². The number of allylic oxidation sites excluding steroid dienone is 5. The molecule has 448 valence electrons. The Hall–Kier alpha value is -1.92. The highest BCUT2D eigenvalue weighted by molar-refractivity contribution is 5.76. The molecule has 0 aliphatic carbocycles. The molecule has 0 bridgehead atoms. The second-order valence-electron chi connectivity index (χ2n) is 23.5. The summed E-state index contributed by atoms with van der Waals surface area (Å²) in [6.07, 6.45) is 83.7. The second-order valence-corrected chi connectivity index (χ2v) is 23.5. The Bertz CT molecular complexity index is 1230. The number of carbonyl (C=O) groups excluding carboxylic acids is 2. The number of hydrogen-bond donors (Lipinski definition) is 3. The molecule has 0 aliphatic heterocycles. The summed E-state index contributed by atoms with van der Waals surface area (Å²) in [4.78, 5) is 24.5. The predicted octanol–water partition coefficient (Wildman–Crippen LogP) is 21.9. The second kappa shape index (κ2) is 65.6. The Morgan fingerprint density at radius 3 is 1.03 bits per heavy atom. The minimum atomic E-state index is -0.840. The summed E-state index contributed by atoms with van der Waals surface area (Å²) in [6.45, 7) is 4.89. The van der Waals surface area contributed by atoms with Crippen LogP contribution in [-0.4, -0.2) is 47.4 Å². The number of esters is 1. The number of nitrogens with one attached hydrogen (secondary N) is 1. The molecule has 0 saturated carbocycles. The summed E-state index contributed by atoms with van der Waals surface area (Å²) in [7, 11) is 0. The summed E-state index contributed by atoms with van der Waals surface area (Å²) in [5.41, 5.74) is 0. The van der Waals surface area contributed by atoms with Crippen molar-refractivity contribution >= 4 is 11.9 Å². The van der Waals surface area contributed by atoms with Crippen molar-refractivity contribution in [1.82, 2.24) is 5.32 Å². The van der Waals surface area contributed by atoms with E-state index in [2.05, 4.69) is 43.5 Å². The topological polar surface area (TPSA) is 95.9 Å². The molecular weight excluding hydrogens is 935 g/mol. The molecule has 76 heavy (non-hydrogen) atoms. The third-order valence-electron chi connectivity index (χ3n) is 15.9. The maximum atomic E-state index is 12.4. The van der Waals surface area contributed by atoms with Crippen LogP contribution in [0.15, 0.2) is 36.5 Å². The molecule has 6 nitrogen and oxygen atoms in total. The monoisotopic (exact) mass is 1070 g/mol. The van der Waals surface area contributed by atoms with Gasteiger partial charge in [0.25, 0.3) is 0 Å². The molecule has 0 aromatic heterocycles.